The minimum atomic E-state index is -0.261. The molecule has 1 fully saturated rings. The number of hydrogen-bond donors (Lipinski definition) is 1. The number of morpholine rings is 1. The van der Waals surface area contributed by atoms with E-state index < -0.39 is 0 Å². The van der Waals surface area contributed by atoms with Crippen molar-refractivity contribution in [3.63, 3.8) is 0 Å². The van der Waals surface area contributed by atoms with Crippen molar-refractivity contribution in [2.24, 2.45) is 0 Å². The van der Waals surface area contributed by atoms with Crippen molar-refractivity contribution >= 4 is 23.2 Å². The van der Waals surface area contributed by atoms with Crippen LogP contribution in [0.1, 0.15) is 33.1 Å². The lowest BCUT2D eigenvalue weighted by Crippen LogP contribution is -2.37. The van der Waals surface area contributed by atoms with Gasteiger partial charge in [-0.1, -0.05) is 26.0 Å². The van der Waals surface area contributed by atoms with Crippen LogP contribution in [0.5, 0.6) is 0 Å². The van der Waals surface area contributed by atoms with Gasteiger partial charge in [0.2, 0.25) is 11.8 Å². The number of carbonyl (C=O) groups is 2. The molecule has 0 aliphatic carbocycles. The monoisotopic (exact) mass is 347 g/mol. The quantitative estimate of drug-likeness (QED) is 0.734. The average Bonchev–Trinajstić information content (AvgIpc) is 2.62. The number of amides is 2. The first-order valence-corrected chi connectivity index (χ1v) is 9.15. The summed E-state index contributed by atoms with van der Waals surface area (Å²) in [6, 6.07) is 7.71. The molecule has 1 N–H and O–H groups in total. The minimum absolute atomic E-state index is 0.106. The molecule has 2 amide bonds. The van der Waals surface area contributed by atoms with Crippen molar-refractivity contribution < 1.29 is 14.3 Å². The maximum Gasteiger partial charge on any atom is 0.233 e. The minimum Gasteiger partial charge on any atom is -0.378 e. The molecular weight excluding hydrogens is 318 g/mol. The molecule has 138 valence electrons. The van der Waals surface area contributed by atoms with Gasteiger partial charge in [-0.15, -0.1) is 0 Å². The summed E-state index contributed by atoms with van der Waals surface area (Å²) in [7, 11) is 0. The summed E-state index contributed by atoms with van der Waals surface area (Å²) in [5, 5.41) is 2.91. The highest BCUT2D eigenvalue weighted by atomic mass is 16.5. The van der Waals surface area contributed by atoms with Gasteiger partial charge in [0.25, 0.3) is 0 Å². The largest absolute Gasteiger partial charge is 0.378 e. The van der Waals surface area contributed by atoms with Gasteiger partial charge in [0, 0.05) is 26.2 Å². The van der Waals surface area contributed by atoms with E-state index in [0.29, 0.717) is 26.3 Å². The highest BCUT2D eigenvalue weighted by molar-refractivity contribution is 6.04. The van der Waals surface area contributed by atoms with E-state index in [-0.39, 0.29) is 18.2 Å². The standard InChI is InChI=1S/C19H29N3O3/c1-3-9-22(10-4-2)19(24)15-18(23)20-16-7-5-6-8-17(16)21-11-13-25-14-12-21/h5-8H,3-4,9-15H2,1-2H3,(H,20,23). The smallest absolute Gasteiger partial charge is 0.233 e. The maximum absolute atomic E-state index is 12.4. The Hall–Kier alpha value is -2.08. The van der Waals surface area contributed by atoms with E-state index >= 15 is 0 Å². The maximum atomic E-state index is 12.4. The number of rotatable bonds is 8. The molecule has 0 unspecified atom stereocenters. The molecule has 6 heteroatoms. The predicted molar refractivity (Wildman–Crippen MR) is 99.9 cm³/mol. The van der Waals surface area contributed by atoms with Crippen molar-refractivity contribution in [2.45, 2.75) is 33.1 Å². The molecule has 2 rings (SSSR count). The number of carbonyl (C=O) groups excluding carboxylic acids is 2. The number of hydrogen-bond acceptors (Lipinski definition) is 4. The SMILES string of the molecule is CCCN(CCC)C(=O)CC(=O)Nc1ccccc1N1CCOCC1. The van der Waals surface area contributed by atoms with Gasteiger partial charge in [0.1, 0.15) is 6.42 Å². The highest BCUT2D eigenvalue weighted by Gasteiger charge is 2.19. The fourth-order valence-electron chi connectivity index (χ4n) is 3.00. The molecule has 1 heterocycles. The second kappa shape index (κ2) is 10.0. The molecule has 6 nitrogen and oxygen atoms in total. The highest BCUT2D eigenvalue weighted by Crippen LogP contribution is 2.26. The Kier molecular flexibility index (Phi) is 7.73. The molecule has 0 saturated carbocycles. The summed E-state index contributed by atoms with van der Waals surface area (Å²) in [5.74, 6) is -0.368. The summed E-state index contributed by atoms with van der Waals surface area (Å²) in [6.07, 6.45) is 1.68. The topological polar surface area (TPSA) is 61.9 Å². The van der Waals surface area contributed by atoms with Crippen LogP contribution < -0.4 is 10.2 Å². The van der Waals surface area contributed by atoms with E-state index in [9.17, 15) is 9.59 Å². The summed E-state index contributed by atoms with van der Waals surface area (Å²) in [6.45, 7) is 8.44. The molecule has 0 atom stereocenters. The van der Waals surface area contributed by atoms with Crippen LogP contribution in [0.2, 0.25) is 0 Å². The Morgan fingerprint density at radius 3 is 2.40 bits per heavy atom. The average molecular weight is 347 g/mol. The van der Waals surface area contributed by atoms with Gasteiger partial charge in [-0.25, -0.2) is 0 Å². The summed E-state index contributed by atoms with van der Waals surface area (Å²) < 4.78 is 5.39. The number of ether oxygens (including phenoxy) is 1. The van der Waals surface area contributed by atoms with Crippen molar-refractivity contribution in [3.05, 3.63) is 24.3 Å². The van der Waals surface area contributed by atoms with Crippen molar-refractivity contribution in [1.82, 2.24) is 4.90 Å². The number of nitrogens with one attached hydrogen (secondary N) is 1. The van der Waals surface area contributed by atoms with Crippen molar-refractivity contribution in [3.8, 4) is 0 Å². The van der Waals surface area contributed by atoms with Gasteiger partial charge >= 0.3 is 0 Å². The van der Waals surface area contributed by atoms with E-state index in [1.807, 2.05) is 38.1 Å². The third-order valence-electron chi connectivity index (χ3n) is 4.18. The molecule has 0 radical (unpaired) electrons. The summed E-state index contributed by atoms with van der Waals surface area (Å²) in [5.41, 5.74) is 1.73. The normalized spacial score (nSPS) is 14.2. The molecule has 1 aliphatic rings. The van der Waals surface area contributed by atoms with E-state index in [1.165, 1.54) is 0 Å². The first-order valence-electron chi connectivity index (χ1n) is 9.15. The van der Waals surface area contributed by atoms with Gasteiger partial charge in [-0.05, 0) is 25.0 Å². The van der Waals surface area contributed by atoms with Crippen LogP contribution in [0.4, 0.5) is 11.4 Å². The van der Waals surface area contributed by atoms with Gasteiger partial charge < -0.3 is 19.9 Å². The fraction of sp³-hybridized carbons (Fsp3) is 0.579. The molecule has 1 aliphatic heterocycles. The van der Waals surface area contributed by atoms with Gasteiger partial charge in [0.15, 0.2) is 0 Å². The Bertz CT molecular complexity index is 565. The number of nitrogens with zero attached hydrogens (tertiary/aromatic N) is 2. The summed E-state index contributed by atoms with van der Waals surface area (Å²) >= 11 is 0. The molecule has 25 heavy (non-hydrogen) atoms. The van der Waals surface area contributed by atoms with Crippen LogP contribution in [-0.4, -0.2) is 56.1 Å². The second-order valence-corrected chi connectivity index (χ2v) is 6.22. The van der Waals surface area contributed by atoms with Gasteiger partial charge in [0.05, 0.1) is 24.6 Å². The van der Waals surface area contributed by atoms with E-state index in [0.717, 1.165) is 37.3 Å². The molecule has 0 aromatic heterocycles. The van der Waals surface area contributed by atoms with Gasteiger partial charge in [-0.2, -0.15) is 0 Å². The zero-order chi connectivity index (χ0) is 18.1. The second-order valence-electron chi connectivity index (χ2n) is 6.22. The van der Waals surface area contributed by atoms with Crippen LogP contribution in [0, 0.1) is 0 Å². The summed E-state index contributed by atoms with van der Waals surface area (Å²) in [4.78, 5) is 28.7. The van der Waals surface area contributed by atoms with Crippen molar-refractivity contribution in [2.75, 3.05) is 49.6 Å². The number of anilines is 2. The molecule has 1 aromatic rings. The number of para-hydroxylation sites is 2. The third kappa shape index (κ3) is 5.74. The molecule has 0 bridgehead atoms. The van der Waals surface area contributed by atoms with Crippen LogP contribution in [0.3, 0.4) is 0 Å². The van der Waals surface area contributed by atoms with E-state index in [2.05, 4.69) is 10.2 Å². The zero-order valence-electron chi connectivity index (χ0n) is 15.3. The van der Waals surface area contributed by atoms with Crippen LogP contribution in [0.15, 0.2) is 24.3 Å². The third-order valence-corrected chi connectivity index (χ3v) is 4.18. The lowest BCUT2D eigenvalue weighted by atomic mass is 10.2. The Balaban J connectivity index is 1.99. The lowest BCUT2D eigenvalue weighted by molar-refractivity contribution is -0.134. The zero-order valence-corrected chi connectivity index (χ0v) is 15.3. The Morgan fingerprint density at radius 2 is 1.76 bits per heavy atom. The number of benzene rings is 1. The van der Waals surface area contributed by atoms with E-state index in [1.54, 1.807) is 4.90 Å². The lowest BCUT2D eigenvalue weighted by Gasteiger charge is -2.30. The van der Waals surface area contributed by atoms with Gasteiger partial charge in [-0.3, -0.25) is 9.59 Å². The molecule has 0 spiro atoms. The molecule has 1 saturated heterocycles. The van der Waals surface area contributed by atoms with Crippen LogP contribution in [-0.2, 0) is 14.3 Å². The Labute approximate surface area is 150 Å². The van der Waals surface area contributed by atoms with E-state index in [4.69, 9.17) is 4.74 Å². The molecular formula is C19H29N3O3. The van der Waals surface area contributed by atoms with Crippen molar-refractivity contribution in [1.29, 1.82) is 0 Å². The molecule has 1 aromatic carbocycles. The Morgan fingerprint density at radius 1 is 1.12 bits per heavy atom. The fourth-order valence-corrected chi connectivity index (χ4v) is 3.00. The first kappa shape index (κ1) is 19.2. The van der Waals surface area contributed by atoms with Crippen LogP contribution >= 0.6 is 0 Å². The van der Waals surface area contributed by atoms with Crippen LogP contribution in [0.25, 0.3) is 0 Å². The first-order chi connectivity index (χ1) is 12.2. The predicted octanol–water partition coefficient (Wildman–Crippen LogP) is 2.50.